The molecule has 1 saturated carbocycles. The maximum absolute atomic E-state index is 12.0. The van der Waals surface area contributed by atoms with Crippen molar-refractivity contribution in [3.63, 3.8) is 0 Å². The van der Waals surface area contributed by atoms with Gasteiger partial charge in [-0.2, -0.15) is 4.98 Å². The summed E-state index contributed by atoms with van der Waals surface area (Å²) in [6, 6.07) is 15.7. The summed E-state index contributed by atoms with van der Waals surface area (Å²) in [5.41, 5.74) is 12.9. The molecule has 3 aromatic heterocycles. The number of aromatic nitrogens is 5. The predicted octanol–water partition coefficient (Wildman–Crippen LogP) is 5.33. The number of fused-ring (bicyclic) bond motifs is 1. The van der Waals surface area contributed by atoms with Gasteiger partial charge in [-0.1, -0.05) is 48.1 Å². The molecule has 0 radical (unpaired) electrons. The van der Waals surface area contributed by atoms with Crippen molar-refractivity contribution in [2.45, 2.75) is 25.7 Å². The van der Waals surface area contributed by atoms with Crippen LogP contribution < -0.4 is 11.1 Å². The average Bonchev–Trinajstić information content (AvgIpc) is 3.55. The van der Waals surface area contributed by atoms with Crippen LogP contribution in [-0.4, -0.2) is 30.6 Å². The van der Waals surface area contributed by atoms with E-state index < -0.39 is 0 Å². The average molecular weight is 492 g/mol. The topological polar surface area (TPSA) is 125 Å². The maximum atomic E-state index is 12.0. The lowest BCUT2D eigenvalue weighted by Crippen LogP contribution is -2.11. The van der Waals surface area contributed by atoms with Gasteiger partial charge in [0.05, 0.1) is 11.1 Å². The van der Waals surface area contributed by atoms with E-state index in [-0.39, 0.29) is 5.91 Å². The van der Waals surface area contributed by atoms with Gasteiger partial charge in [-0.15, -0.1) is 0 Å². The third-order valence-electron chi connectivity index (χ3n) is 6.60. The molecular weight excluding hydrogens is 466 g/mol. The molecule has 6 rings (SSSR count). The SMILES string of the molecule is C=C(C)C(=O)Nc1ccc(-c2c(-c3ccc(-c4noc(C5CC5)n4)cc3)c3c(N)ncnc3n2C)cc1. The molecular formula is C28H25N7O2. The lowest BCUT2D eigenvalue weighted by Gasteiger charge is -2.11. The molecule has 0 atom stereocenters. The van der Waals surface area contributed by atoms with Gasteiger partial charge in [0.1, 0.15) is 17.8 Å². The standard InChI is InChI=1S/C28H25N7O2/c1-15(2)27(36)32-20-12-10-17(11-13-20)23-21(22-24(29)30-14-31-26(22)35(23)3)16-4-6-18(7-5-16)25-33-28(37-34-25)19-8-9-19/h4-7,10-14,19H,1,8-9H2,2-3H3,(H,32,36)(H2,29,30,31). The Morgan fingerprint density at radius 3 is 2.41 bits per heavy atom. The minimum absolute atomic E-state index is 0.216. The summed E-state index contributed by atoms with van der Waals surface area (Å²) in [7, 11) is 1.96. The zero-order chi connectivity index (χ0) is 25.7. The van der Waals surface area contributed by atoms with E-state index in [4.69, 9.17) is 10.3 Å². The van der Waals surface area contributed by atoms with Crippen molar-refractivity contribution < 1.29 is 9.32 Å². The first kappa shape index (κ1) is 22.7. The highest BCUT2D eigenvalue weighted by atomic mass is 16.5. The van der Waals surface area contributed by atoms with Crippen molar-refractivity contribution in [3.8, 4) is 33.8 Å². The Labute approximate surface area is 213 Å². The summed E-state index contributed by atoms with van der Waals surface area (Å²) >= 11 is 0. The molecule has 184 valence electrons. The number of amides is 1. The van der Waals surface area contributed by atoms with Crippen LogP contribution in [-0.2, 0) is 11.8 Å². The lowest BCUT2D eigenvalue weighted by atomic mass is 9.97. The first-order chi connectivity index (χ1) is 17.9. The molecule has 1 aliphatic carbocycles. The van der Waals surface area contributed by atoms with Crippen molar-refractivity contribution in [2.75, 3.05) is 11.1 Å². The second-order valence-corrected chi connectivity index (χ2v) is 9.36. The van der Waals surface area contributed by atoms with E-state index in [1.54, 1.807) is 6.92 Å². The van der Waals surface area contributed by atoms with E-state index in [9.17, 15) is 4.79 Å². The van der Waals surface area contributed by atoms with Gasteiger partial charge in [0.15, 0.2) is 0 Å². The Balaban J connectivity index is 1.43. The summed E-state index contributed by atoms with van der Waals surface area (Å²) in [6.45, 7) is 5.36. The number of anilines is 2. The van der Waals surface area contributed by atoms with E-state index in [0.29, 0.717) is 34.7 Å². The molecule has 0 aliphatic heterocycles. The summed E-state index contributed by atoms with van der Waals surface area (Å²) in [4.78, 5) is 25.4. The molecule has 0 saturated heterocycles. The molecule has 0 spiro atoms. The number of hydrogen-bond acceptors (Lipinski definition) is 7. The smallest absolute Gasteiger partial charge is 0.250 e. The Kier molecular flexibility index (Phi) is 5.33. The Hall–Kier alpha value is -4.79. The number of nitrogens with zero attached hydrogens (tertiary/aromatic N) is 5. The van der Waals surface area contributed by atoms with Gasteiger partial charge in [-0.3, -0.25) is 4.79 Å². The van der Waals surface area contributed by atoms with Crippen molar-refractivity contribution >= 4 is 28.4 Å². The molecule has 37 heavy (non-hydrogen) atoms. The zero-order valence-corrected chi connectivity index (χ0v) is 20.5. The fraction of sp³-hybridized carbons (Fsp3) is 0.179. The normalized spacial score (nSPS) is 13.1. The third-order valence-corrected chi connectivity index (χ3v) is 6.60. The number of aryl methyl sites for hydroxylation is 1. The van der Waals surface area contributed by atoms with Gasteiger partial charge in [0, 0.05) is 35.4 Å². The number of carbonyl (C=O) groups excluding carboxylic acids is 1. The lowest BCUT2D eigenvalue weighted by molar-refractivity contribution is -0.112. The van der Waals surface area contributed by atoms with Gasteiger partial charge in [-0.25, -0.2) is 9.97 Å². The van der Waals surface area contributed by atoms with E-state index in [1.165, 1.54) is 6.33 Å². The number of rotatable bonds is 6. The van der Waals surface area contributed by atoms with Crippen LogP contribution in [0.15, 0.2) is 71.5 Å². The van der Waals surface area contributed by atoms with Gasteiger partial charge in [0.25, 0.3) is 5.91 Å². The number of nitrogen functional groups attached to an aromatic ring is 1. The Morgan fingerprint density at radius 1 is 1.05 bits per heavy atom. The highest BCUT2D eigenvalue weighted by Gasteiger charge is 2.30. The number of carbonyl (C=O) groups is 1. The van der Waals surface area contributed by atoms with Crippen molar-refractivity contribution in [2.24, 2.45) is 7.05 Å². The number of hydrogen-bond donors (Lipinski definition) is 2. The second-order valence-electron chi connectivity index (χ2n) is 9.36. The summed E-state index contributed by atoms with van der Waals surface area (Å²) in [6.07, 6.45) is 3.68. The van der Waals surface area contributed by atoms with Crippen molar-refractivity contribution in [3.05, 3.63) is 72.9 Å². The van der Waals surface area contributed by atoms with Crippen LogP contribution in [0.2, 0.25) is 0 Å². The van der Waals surface area contributed by atoms with Crippen molar-refractivity contribution in [1.29, 1.82) is 0 Å². The van der Waals surface area contributed by atoms with E-state index in [0.717, 1.165) is 51.8 Å². The molecule has 5 aromatic rings. The van der Waals surface area contributed by atoms with Crippen LogP contribution in [0.3, 0.4) is 0 Å². The van der Waals surface area contributed by atoms with Crippen LogP contribution >= 0.6 is 0 Å². The summed E-state index contributed by atoms with van der Waals surface area (Å²) in [5, 5.41) is 7.78. The molecule has 1 fully saturated rings. The summed E-state index contributed by atoms with van der Waals surface area (Å²) in [5.74, 6) is 1.89. The highest BCUT2D eigenvalue weighted by molar-refractivity contribution is 6.08. The molecule has 9 nitrogen and oxygen atoms in total. The highest BCUT2D eigenvalue weighted by Crippen LogP contribution is 2.42. The molecule has 3 heterocycles. The molecule has 1 aliphatic rings. The van der Waals surface area contributed by atoms with Crippen molar-refractivity contribution in [1.82, 2.24) is 24.7 Å². The second kappa shape index (κ2) is 8.70. The minimum atomic E-state index is -0.216. The van der Waals surface area contributed by atoms with Gasteiger partial charge in [-0.05, 0) is 43.0 Å². The monoisotopic (exact) mass is 491 g/mol. The van der Waals surface area contributed by atoms with Crippen LogP contribution in [0.4, 0.5) is 11.5 Å². The van der Waals surface area contributed by atoms with E-state index >= 15 is 0 Å². The molecule has 1 amide bonds. The number of nitrogens with one attached hydrogen (secondary N) is 1. The first-order valence-corrected chi connectivity index (χ1v) is 12.0. The van der Waals surface area contributed by atoms with Gasteiger partial charge < -0.3 is 20.1 Å². The molecule has 3 N–H and O–H groups in total. The third kappa shape index (κ3) is 4.04. The number of benzene rings is 2. The summed E-state index contributed by atoms with van der Waals surface area (Å²) < 4.78 is 7.44. The van der Waals surface area contributed by atoms with E-state index in [1.807, 2.05) is 60.1 Å². The van der Waals surface area contributed by atoms with Gasteiger partial charge in [0.2, 0.25) is 11.7 Å². The fourth-order valence-electron chi connectivity index (χ4n) is 4.48. The van der Waals surface area contributed by atoms with Crippen LogP contribution in [0.5, 0.6) is 0 Å². The minimum Gasteiger partial charge on any atom is -0.383 e. The first-order valence-electron chi connectivity index (χ1n) is 12.0. The molecule has 2 aromatic carbocycles. The van der Waals surface area contributed by atoms with Gasteiger partial charge >= 0.3 is 0 Å². The molecule has 0 bridgehead atoms. The Morgan fingerprint density at radius 2 is 1.73 bits per heavy atom. The van der Waals surface area contributed by atoms with Crippen LogP contribution in [0.1, 0.15) is 31.6 Å². The molecule has 0 unspecified atom stereocenters. The predicted molar refractivity (Wildman–Crippen MR) is 143 cm³/mol. The Bertz CT molecular complexity index is 1660. The maximum Gasteiger partial charge on any atom is 0.250 e. The van der Waals surface area contributed by atoms with Crippen LogP contribution in [0, 0.1) is 0 Å². The molecule has 9 heteroatoms. The zero-order valence-electron chi connectivity index (χ0n) is 20.5. The fourth-order valence-corrected chi connectivity index (χ4v) is 4.48. The quantitative estimate of drug-likeness (QED) is 0.308. The largest absolute Gasteiger partial charge is 0.383 e. The van der Waals surface area contributed by atoms with E-state index in [2.05, 4.69) is 32.0 Å². The van der Waals surface area contributed by atoms with Crippen LogP contribution in [0.25, 0.3) is 44.8 Å². The number of nitrogens with two attached hydrogens (primary N) is 1.